The van der Waals surface area contributed by atoms with Crippen molar-refractivity contribution in [2.24, 2.45) is 5.73 Å². The van der Waals surface area contributed by atoms with Crippen molar-refractivity contribution in [1.82, 2.24) is 9.88 Å². The Hall–Kier alpha value is -2.46. The average molecular weight is 387 g/mol. The van der Waals surface area contributed by atoms with Crippen molar-refractivity contribution in [1.29, 1.82) is 5.26 Å². The Kier molecular flexibility index (Phi) is 4.49. The lowest BCUT2D eigenvalue weighted by molar-refractivity contribution is -0.130. The fourth-order valence-corrected chi connectivity index (χ4v) is 3.69. The molecule has 0 saturated carbocycles. The van der Waals surface area contributed by atoms with Gasteiger partial charge in [0.1, 0.15) is 10.9 Å². The normalized spacial score (nSPS) is 18.3. The van der Waals surface area contributed by atoms with Crippen LogP contribution in [0.1, 0.15) is 33.6 Å². The minimum absolute atomic E-state index is 0.169. The van der Waals surface area contributed by atoms with E-state index in [4.69, 9.17) is 5.73 Å². The number of carbonyl (C=O) groups is 2. The zero-order valence-corrected chi connectivity index (χ0v) is 14.4. The molecule has 1 aliphatic heterocycles. The Morgan fingerprint density at radius 2 is 2.21 bits per heavy atom. The van der Waals surface area contributed by atoms with E-state index in [1.165, 1.54) is 6.20 Å². The third-order valence-electron chi connectivity index (χ3n) is 4.24. The molecule has 2 amide bonds. The monoisotopic (exact) mass is 386 g/mol. The number of pyridine rings is 1. The van der Waals surface area contributed by atoms with E-state index in [1.54, 1.807) is 29.2 Å². The fourth-order valence-electron chi connectivity index (χ4n) is 3.06. The largest absolute Gasteiger partial charge is 0.366 e. The number of nitrogens with two attached hydrogens (primary N) is 1. The van der Waals surface area contributed by atoms with Crippen LogP contribution in [-0.2, 0) is 4.79 Å². The van der Waals surface area contributed by atoms with Crippen LogP contribution in [0, 0.1) is 11.3 Å². The molecule has 1 aromatic heterocycles. The lowest BCUT2D eigenvalue weighted by Crippen LogP contribution is -2.36. The van der Waals surface area contributed by atoms with Crippen LogP contribution in [0.2, 0.25) is 0 Å². The molecule has 1 aromatic carbocycles. The molecule has 0 spiro atoms. The topological polar surface area (TPSA) is 100 Å². The minimum Gasteiger partial charge on any atom is -0.366 e. The molecule has 7 heteroatoms. The molecular formula is C17H15BrN4O2. The second-order valence-corrected chi connectivity index (χ2v) is 6.56. The van der Waals surface area contributed by atoms with Crippen molar-refractivity contribution >= 4 is 38.6 Å². The third-order valence-corrected chi connectivity index (χ3v) is 5.13. The van der Waals surface area contributed by atoms with E-state index in [0.717, 1.165) is 6.42 Å². The van der Waals surface area contributed by atoms with Gasteiger partial charge in [0.05, 0.1) is 17.1 Å². The molecule has 2 N–H and O–H groups in total. The molecule has 1 saturated heterocycles. The molecule has 3 rings (SSSR count). The van der Waals surface area contributed by atoms with Crippen molar-refractivity contribution in [2.75, 3.05) is 6.54 Å². The number of para-hydroxylation sites is 1. The van der Waals surface area contributed by atoms with Crippen LogP contribution >= 0.6 is 15.9 Å². The number of fused-ring (bicyclic) bond motifs is 1. The third kappa shape index (κ3) is 2.74. The van der Waals surface area contributed by atoms with E-state index < -0.39 is 10.7 Å². The Morgan fingerprint density at radius 1 is 1.42 bits per heavy atom. The number of benzene rings is 1. The maximum absolute atomic E-state index is 12.8. The minimum atomic E-state index is -0.634. The molecule has 6 nitrogen and oxygen atoms in total. The first-order valence-electron chi connectivity index (χ1n) is 7.56. The van der Waals surface area contributed by atoms with Gasteiger partial charge in [0, 0.05) is 23.7 Å². The highest BCUT2D eigenvalue weighted by molar-refractivity contribution is 9.09. The number of carbonyl (C=O) groups excluding carboxylic acids is 2. The summed E-state index contributed by atoms with van der Waals surface area (Å²) >= 11 is 3.44. The number of hydrogen-bond acceptors (Lipinski definition) is 4. The number of likely N-dealkylation sites (tertiary alicyclic amines) is 1. The SMILES string of the molecule is N#CC1CCCN1C(=O)C(Br)c1cccc2c(C(N)=O)ccnc12. The summed E-state index contributed by atoms with van der Waals surface area (Å²) in [5, 5.41) is 9.79. The van der Waals surface area contributed by atoms with Crippen molar-refractivity contribution < 1.29 is 9.59 Å². The van der Waals surface area contributed by atoms with Gasteiger partial charge in [-0.15, -0.1) is 0 Å². The summed E-state index contributed by atoms with van der Waals surface area (Å²) in [5.41, 5.74) is 6.99. The summed E-state index contributed by atoms with van der Waals surface area (Å²) in [4.78, 5) is 29.7. The molecule has 2 atom stereocenters. The molecule has 1 fully saturated rings. The van der Waals surface area contributed by atoms with Gasteiger partial charge in [-0.3, -0.25) is 14.6 Å². The predicted molar refractivity (Wildman–Crippen MR) is 92.3 cm³/mol. The molecule has 1 aliphatic rings. The lowest BCUT2D eigenvalue weighted by Gasteiger charge is -2.23. The summed E-state index contributed by atoms with van der Waals surface area (Å²) in [5.74, 6) is -0.709. The zero-order chi connectivity index (χ0) is 17.3. The van der Waals surface area contributed by atoms with Crippen molar-refractivity contribution in [3.63, 3.8) is 0 Å². The molecule has 0 bridgehead atoms. The van der Waals surface area contributed by atoms with Crippen LogP contribution in [0.25, 0.3) is 10.9 Å². The van der Waals surface area contributed by atoms with Crippen LogP contribution in [-0.4, -0.2) is 34.3 Å². The summed E-state index contributed by atoms with van der Waals surface area (Å²) in [7, 11) is 0. The molecule has 2 unspecified atom stereocenters. The Balaban J connectivity index is 2.03. The molecule has 2 aromatic rings. The second kappa shape index (κ2) is 6.57. The summed E-state index contributed by atoms with van der Waals surface area (Å²) < 4.78 is 0. The fraction of sp³-hybridized carbons (Fsp3) is 0.294. The smallest absolute Gasteiger partial charge is 0.249 e. The number of nitrogens with zero attached hydrogens (tertiary/aromatic N) is 3. The van der Waals surface area contributed by atoms with Crippen LogP contribution < -0.4 is 5.73 Å². The molecule has 122 valence electrons. The average Bonchev–Trinajstić information content (AvgIpc) is 3.07. The van der Waals surface area contributed by atoms with Gasteiger partial charge < -0.3 is 10.6 Å². The first-order chi connectivity index (χ1) is 11.5. The number of aromatic nitrogens is 1. The van der Waals surface area contributed by atoms with Crippen LogP contribution in [0.5, 0.6) is 0 Å². The van der Waals surface area contributed by atoms with E-state index in [1.807, 2.05) is 0 Å². The summed E-state index contributed by atoms with van der Waals surface area (Å²) in [6.45, 7) is 0.573. The molecule has 2 heterocycles. The van der Waals surface area contributed by atoms with Crippen LogP contribution in [0.3, 0.4) is 0 Å². The van der Waals surface area contributed by atoms with E-state index >= 15 is 0 Å². The highest BCUT2D eigenvalue weighted by Crippen LogP contribution is 2.33. The van der Waals surface area contributed by atoms with Crippen molar-refractivity contribution in [2.45, 2.75) is 23.7 Å². The molecule has 0 aliphatic carbocycles. The maximum atomic E-state index is 12.8. The van der Waals surface area contributed by atoms with E-state index in [9.17, 15) is 14.9 Å². The zero-order valence-electron chi connectivity index (χ0n) is 12.8. The Bertz CT molecular complexity index is 861. The first kappa shape index (κ1) is 16.4. The quantitative estimate of drug-likeness (QED) is 0.817. The number of halogens is 1. The van der Waals surface area contributed by atoms with E-state index in [-0.39, 0.29) is 11.9 Å². The second-order valence-electron chi connectivity index (χ2n) is 5.65. The number of primary amides is 1. The number of nitriles is 1. The predicted octanol–water partition coefficient (Wildman–Crippen LogP) is 2.28. The summed E-state index contributed by atoms with van der Waals surface area (Å²) in [6, 6.07) is 8.65. The van der Waals surface area contributed by atoms with Gasteiger partial charge in [-0.05, 0) is 18.9 Å². The van der Waals surface area contributed by atoms with Gasteiger partial charge in [-0.25, -0.2) is 0 Å². The van der Waals surface area contributed by atoms with Gasteiger partial charge in [0.15, 0.2) is 0 Å². The van der Waals surface area contributed by atoms with E-state index in [2.05, 4.69) is 27.0 Å². The lowest BCUT2D eigenvalue weighted by atomic mass is 10.0. The Morgan fingerprint density at radius 3 is 2.92 bits per heavy atom. The van der Waals surface area contributed by atoms with Crippen LogP contribution in [0.15, 0.2) is 30.5 Å². The van der Waals surface area contributed by atoms with Crippen molar-refractivity contribution in [3.05, 3.63) is 41.6 Å². The van der Waals surface area contributed by atoms with Gasteiger partial charge >= 0.3 is 0 Å². The number of rotatable bonds is 3. The molecule has 24 heavy (non-hydrogen) atoms. The van der Waals surface area contributed by atoms with Crippen molar-refractivity contribution in [3.8, 4) is 6.07 Å². The highest BCUT2D eigenvalue weighted by Gasteiger charge is 2.33. The van der Waals surface area contributed by atoms with Crippen LogP contribution in [0.4, 0.5) is 0 Å². The maximum Gasteiger partial charge on any atom is 0.249 e. The van der Waals surface area contributed by atoms with E-state index in [0.29, 0.717) is 35.0 Å². The van der Waals surface area contributed by atoms with Gasteiger partial charge in [0.2, 0.25) is 11.8 Å². The van der Waals surface area contributed by atoms with Gasteiger partial charge in [0.25, 0.3) is 0 Å². The highest BCUT2D eigenvalue weighted by atomic mass is 79.9. The Labute approximate surface area is 147 Å². The van der Waals surface area contributed by atoms with Gasteiger partial charge in [-0.1, -0.05) is 34.1 Å². The number of alkyl halides is 1. The number of amides is 2. The number of hydrogen-bond donors (Lipinski definition) is 1. The molecular weight excluding hydrogens is 372 g/mol. The first-order valence-corrected chi connectivity index (χ1v) is 8.47. The standard InChI is InChI=1S/C17H15BrN4O2/c18-14(17(24)22-8-2-3-10(22)9-19)13-5-1-4-11-12(16(20)23)6-7-21-15(11)13/h1,4-7,10,14H,2-3,8H2,(H2,20,23). The summed E-state index contributed by atoms with van der Waals surface area (Å²) in [6.07, 6.45) is 3.02. The molecule has 0 radical (unpaired) electrons. The van der Waals surface area contributed by atoms with Gasteiger partial charge in [-0.2, -0.15) is 5.26 Å².